The number of fused-ring (bicyclic) bond motifs is 1. The van der Waals surface area contributed by atoms with E-state index in [2.05, 4.69) is 4.72 Å². The van der Waals surface area contributed by atoms with Gasteiger partial charge in [0.1, 0.15) is 5.60 Å². The second-order valence-electron chi connectivity index (χ2n) is 9.27. The highest BCUT2D eigenvalue weighted by Crippen LogP contribution is 2.65. The summed E-state index contributed by atoms with van der Waals surface area (Å²) < 4.78 is 29.0. The van der Waals surface area contributed by atoms with Crippen LogP contribution in [0.1, 0.15) is 46.1 Å². The van der Waals surface area contributed by atoms with Crippen molar-refractivity contribution in [3.63, 3.8) is 0 Å². The van der Waals surface area contributed by atoms with Crippen molar-refractivity contribution in [2.45, 2.75) is 64.0 Å². The molecule has 3 aliphatic rings. The van der Waals surface area contributed by atoms with E-state index in [1.54, 1.807) is 31.2 Å². The van der Waals surface area contributed by atoms with Gasteiger partial charge in [0, 0.05) is 16.4 Å². The van der Waals surface area contributed by atoms with E-state index in [1.165, 1.54) is 0 Å². The van der Waals surface area contributed by atoms with Crippen molar-refractivity contribution in [2.24, 2.45) is 10.8 Å². The van der Waals surface area contributed by atoms with Crippen LogP contribution in [0.4, 0.5) is 0 Å². The molecule has 150 valence electrons. The number of hydrogen-bond acceptors (Lipinski definition) is 4. The molecule has 0 heterocycles. The average Bonchev–Trinajstić information content (AvgIpc) is 3.36. The molecule has 0 amide bonds. The summed E-state index contributed by atoms with van der Waals surface area (Å²) in [4.78, 5) is 13.3. The zero-order valence-electron chi connectivity index (χ0n) is 17.0. The average molecular weight is 402 g/mol. The monoisotopic (exact) mass is 401 g/mol. The van der Waals surface area contributed by atoms with Gasteiger partial charge in [-0.1, -0.05) is 43.2 Å². The first-order chi connectivity index (χ1) is 12.8. The molecule has 1 spiro atoms. The molecule has 4 rings (SSSR count). The largest absolute Gasteiger partial charge is 0.381 e. The smallest absolute Gasteiger partial charge is 0.241 e. The first kappa shape index (κ1) is 19.6. The Bertz CT molecular complexity index is 1040. The van der Waals surface area contributed by atoms with Gasteiger partial charge < -0.3 is 5.11 Å². The Morgan fingerprint density at radius 3 is 2.18 bits per heavy atom. The van der Waals surface area contributed by atoms with Crippen molar-refractivity contribution in [1.29, 1.82) is 0 Å². The number of sulfonamides is 1. The van der Waals surface area contributed by atoms with Gasteiger partial charge in [-0.3, -0.25) is 4.79 Å². The van der Waals surface area contributed by atoms with Gasteiger partial charge in [0.2, 0.25) is 10.0 Å². The van der Waals surface area contributed by atoms with E-state index in [1.807, 2.05) is 33.8 Å². The van der Waals surface area contributed by atoms with Crippen LogP contribution in [0.25, 0.3) is 0 Å². The maximum absolute atomic E-state index is 13.1. The van der Waals surface area contributed by atoms with E-state index in [0.29, 0.717) is 5.57 Å². The zero-order chi connectivity index (χ0) is 20.7. The third-order valence-electron chi connectivity index (χ3n) is 6.93. The number of benzene rings is 1. The molecule has 1 aromatic rings. The van der Waals surface area contributed by atoms with Crippen LogP contribution in [-0.2, 0) is 14.8 Å². The van der Waals surface area contributed by atoms with Crippen molar-refractivity contribution < 1.29 is 18.3 Å². The molecule has 1 aromatic carbocycles. The van der Waals surface area contributed by atoms with Crippen LogP contribution in [-0.4, -0.2) is 31.0 Å². The fourth-order valence-electron chi connectivity index (χ4n) is 4.91. The summed E-state index contributed by atoms with van der Waals surface area (Å²) in [6.45, 7) is 9.28. The Morgan fingerprint density at radius 1 is 1.07 bits per heavy atom. The predicted octanol–water partition coefficient (Wildman–Crippen LogP) is 3.04. The number of aryl methyl sites for hydroxylation is 1. The second-order valence-corrected chi connectivity index (χ2v) is 11.0. The van der Waals surface area contributed by atoms with Crippen LogP contribution in [0.3, 0.4) is 0 Å². The third-order valence-corrected chi connectivity index (χ3v) is 8.37. The van der Waals surface area contributed by atoms with Crippen LogP contribution in [0.5, 0.6) is 0 Å². The van der Waals surface area contributed by atoms with E-state index in [9.17, 15) is 18.3 Å². The molecule has 28 heavy (non-hydrogen) atoms. The molecule has 1 fully saturated rings. The molecule has 0 aliphatic heterocycles. The number of rotatable bonds is 3. The number of carbonyl (C=O) groups excluding carboxylic acids is 1. The predicted molar refractivity (Wildman–Crippen MR) is 107 cm³/mol. The molecule has 0 unspecified atom stereocenters. The lowest BCUT2D eigenvalue weighted by atomic mass is 9.67. The van der Waals surface area contributed by atoms with Crippen molar-refractivity contribution >= 4 is 15.8 Å². The van der Waals surface area contributed by atoms with Gasteiger partial charge in [-0.05, 0) is 51.3 Å². The number of aliphatic hydroxyl groups is 1. The Morgan fingerprint density at radius 2 is 1.64 bits per heavy atom. The summed E-state index contributed by atoms with van der Waals surface area (Å²) in [5.41, 5.74) is 0.536. The van der Waals surface area contributed by atoms with E-state index in [0.717, 1.165) is 29.6 Å². The van der Waals surface area contributed by atoms with Crippen molar-refractivity contribution in [3.05, 3.63) is 52.6 Å². The molecule has 0 saturated heterocycles. The van der Waals surface area contributed by atoms with E-state index in [-0.39, 0.29) is 10.7 Å². The molecular weight excluding hydrogens is 374 g/mol. The van der Waals surface area contributed by atoms with Gasteiger partial charge >= 0.3 is 0 Å². The Kier molecular flexibility index (Phi) is 3.94. The maximum atomic E-state index is 13.1. The number of nitrogens with one attached hydrogen (secondary N) is 1. The molecule has 0 aromatic heterocycles. The van der Waals surface area contributed by atoms with Crippen molar-refractivity contribution in [3.8, 4) is 0 Å². The van der Waals surface area contributed by atoms with E-state index < -0.39 is 32.5 Å². The lowest BCUT2D eigenvalue weighted by molar-refractivity contribution is -0.137. The minimum absolute atomic E-state index is 0.205. The van der Waals surface area contributed by atoms with Gasteiger partial charge in [0.25, 0.3) is 0 Å². The minimum atomic E-state index is -3.76. The first-order valence-electron chi connectivity index (χ1n) is 9.64. The molecule has 5 nitrogen and oxygen atoms in total. The lowest BCUT2D eigenvalue weighted by Crippen LogP contribution is -2.51. The van der Waals surface area contributed by atoms with E-state index >= 15 is 0 Å². The summed E-state index contributed by atoms with van der Waals surface area (Å²) in [5, 5.41) is 11.0. The summed E-state index contributed by atoms with van der Waals surface area (Å²) >= 11 is 0. The number of hydrogen-bond donors (Lipinski definition) is 2. The molecular formula is C22H27NO4S. The normalized spacial score (nSPS) is 30.4. The topological polar surface area (TPSA) is 83.5 Å². The second kappa shape index (κ2) is 5.65. The highest BCUT2D eigenvalue weighted by atomic mass is 32.2. The highest BCUT2D eigenvalue weighted by molar-refractivity contribution is 7.89. The fourth-order valence-corrected chi connectivity index (χ4v) is 6.27. The van der Waals surface area contributed by atoms with Gasteiger partial charge in [-0.2, -0.15) is 0 Å². The van der Waals surface area contributed by atoms with Crippen molar-refractivity contribution in [1.82, 2.24) is 4.72 Å². The van der Waals surface area contributed by atoms with Gasteiger partial charge in [-0.25, -0.2) is 13.1 Å². The number of ketones is 1. The molecule has 3 aliphatic carbocycles. The van der Waals surface area contributed by atoms with Crippen LogP contribution in [0.2, 0.25) is 0 Å². The number of Topliss-reactive ketones (excluding diaryl/α,β-unsaturated/α-hetero) is 1. The van der Waals surface area contributed by atoms with Crippen molar-refractivity contribution in [2.75, 3.05) is 0 Å². The molecule has 2 atom stereocenters. The summed E-state index contributed by atoms with van der Waals surface area (Å²) in [5.74, 6) is -0.296. The van der Waals surface area contributed by atoms with Gasteiger partial charge in [0.15, 0.2) is 5.78 Å². The molecule has 6 heteroatoms. The van der Waals surface area contributed by atoms with Crippen LogP contribution < -0.4 is 4.72 Å². The standard InChI is InChI=1S/C22H27NO4S/c1-13-6-8-15(9-7-13)28(26,27)23-18-17-14(2)22(10-11-22)21(5,25)19(24)16(17)12-20(18,3)4/h6-9,12,18,23,25H,10-11H2,1-5H3/t18-,21-/m0/s1. The Balaban J connectivity index is 1.81. The summed E-state index contributed by atoms with van der Waals surface area (Å²) in [7, 11) is -3.76. The highest BCUT2D eigenvalue weighted by Gasteiger charge is 2.66. The Labute approximate surface area is 166 Å². The molecule has 2 N–H and O–H groups in total. The quantitative estimate of drug-likeness (QED) is 0.815. The molecule has 1 saturated carbocycles. The maximum Gasteiger partial charge on any atom is 0.241 e. The molecule has 0 bridgehead atoms. The van der Waals surface area contributed by atoms with Gasteiger partial charge in [-0.15, -0.1) is 0 Å². The lowest BCUT2D eigenvalue weighted by Gasteiger charge is -2.40. The zero-order valence-corrected chi connectivity index (χ0v) is 17.8. The van der Waals surface area contributed by atoms with E-state index in [4.69, 9.17) is 0 Å². The minimum Gasteiger partial charge on any atom is -0.381 e. The summed E-state index contributed by atoms with van der Waals surface area (Å²) in [6, 6.07) is 6.17. The molecule has 0 radical (unpaired) electrons. The first-order valence-corrected chi connectivity index (χ1v) is 11.1. The van der Waals surface area contributed by atoms with Crippen LogP contribution in [0, 0.1) is 17.8 Å². The Hall–Kier alpha value is -1.76. The fraction of sp³-hybridized carbons (Fsp3) is 0.500. The number of carbonyl (C=O) groups is 1. The van der Waals surface area contributed by atoms with Crippen LogP contribution in [0.15, 0.2) is 52.0 Å². The third kappa shape index (κ3) is 2.51. The van der Waals surface area contributed by atoms with Gasteiger partial charge in [0.05, 0.1) is 10.9 Å². The van der Waals surface area contributed by atoms with Crippen LogP contribution >= 0.6 is 0 Å². The summed E-state index contributed by atoms with van der Waals surface area (Å²) in [6.07, 6.45) is 3.30. The SMILES string of the molecule is CC1=C2C(=CC(C)(C)[C@H]2NS(=O)(=O)c2ccc(C)cc2)C(=O)[C@](C)(O)C12CC2.